The Hall–Kier alpha value is -1.57. The number of rotatable bonds is 4. The summed E-state index contributed by atoms with van der Waals surface area (Å²) in [7, 11) is 0. The third-order valence-corrected chi connectivity index (χ3v) is 4.20. The van der Waals surface area contributed by atoms with E-state index < -0.39 is 0 Å². The molecule has 0 fully saturated rings. The van der Waals surface area contributed by atoms with E-state index in [1.807, 2.05) is 0 Å². The summed E-state index contributed by atoms with van der Waals surface area (Å²) in [5.41, 5.74) is 9.32. The number of nitrogens with zero attached hydrogens (tertiary/aromatic N) is 2. The molecule has 2 heteroatoms. The molecule has 0 spiro atoms. The highest BCUT2D eigenvalue weighted by atomic mass is 15.3. The van der Waals surface area contributed by atoms with Gasteiger partial charge in [-0.25, -0.2) is 0 Å². The van der Waals surface area contributed by atoms with E-state index in [9.17, 15) is 0 Å². The van der Waals surface area contributed by atoms with Gasteiger partial charge in [0.15, 0.2) is 0 Å². The summed E-state index contributed by atoms with van der Waals surface area (Å²) in [6.45, 7) is 17.8. The van der Waals surface area contributed by atoms with E-state index in [0.717, 1.165) is 12.1 Å². The summed E-state index contributed by atoms with van der Waals surface area (Å²) < 4.78 is 2.23. The Labute approximate surface area is 135 Å². The minimum absolute atomic E-state index is 0.396. The maximum atomic E-state index is 4.86. The summed E-state index contributed by atoms with van der Waals surface area (Å²) >= 11 is 0. The molecule has 120 valence electrons. The van der Waals surface area contributed by atoms with Crippen LogP contribution in [0.15, 0.2) is 12.1 Å². The standard InChI is InChI=1S/C20H30N2/c1-12(2)9-18-20(17(8)21-22(18)13(3)4)19-15(6)10-14(5)11-16(19)7/h10-13H,9H2,1-8H3. The molecule has 1 aromatic carbocycles. The fourth-order valence-corrected chi connectivity index (χ4v) is 3.50. The van der Waals surface area contributed by atoms with Crippen molar-refractivity contribution in [2.45, 2.75) is 67.9 Å². The van der Waals surface area contributed by atoms with E-state index in [1.54, 1.807) is 0 Å². The van der Waals surface area contributed by atoms with Crippen LogP contribution in [-0.2, 0) is 6.42 Å². The average Bonchev–Trinajstić information content (AvgIpc) is 2.66. The second-order valence-electron chi connectivity index (χ2n) is 7.32. The van der Waals surface area contributed by atoms with Gasteiger partial charge in [-0.15, -0.1) is 0 Å². The number of aryl methyl sites for hydroxylation is 4. The van der Waals surface area contributed by atoms with Gasteiger partial charge >= 0.3 is 0 Å². The van der Waals surface area contributed by atoms with Gasteiger partial charge < -0.3 is 0 Å². The Balaban J connectivity index is 2.75. The summed E-state index contributed by atoms with van der Waals surface area (Å²) in [5, 5.41) is 4.86. The van der Waals surface area contributed by atoms with Crippen molar-refractivity contribution in [3.8, 4) is 11.1 Å². The van der Waals surface area contributed by atoms with Crippen molar-refractivity contribution in [3.05, 3.63) is 40.2 Å². The van der Waals surface area contributed by atoms with Crippen LogP contribution in [-0.4, -0.2) is 9.78 Å². The van der Waals surface area contributed by atoms with Crippen molar-refractivity contribution in [3.63, 3.8) is 0 Å². The van der Waals surface area contributed by atoms with Gasteiger partial charge in [0.25, 0.3) is 0 Å². The lowest BCUT2D eigenvalue weighted by Crippen LogP contribution is -2.10. The molecule has 0 bridgehead atoms. The summed E-state index contributed by atoms with van der Waals surface area (Å²) in [5.74, 6) is 0.624. The van der Waals surface area contributed by atoms with Crippen LogP contribution < -0.4 is 0 Å². The normalized spacial score (nSPS) is 11.7. The van der Waals surface area contributed by atoms with Gasteiger partial charge in [-0.2, -0.15) is 5.10 Å². The van der Waals surface area contributed by atoms with Crippen LogP contribution in [0.2, 0.25) is 0 Å². The molecule has 2 nitrogen and oxygen atoms in total. The summed E-state index contributed by atoms with van der Waals surface area (Å²) in [6.07, 6.45) is 1.07. The Kier molecular flexibility index (Phi) is 4.79. The fourth-order valence-electron chi connectivity index (χ4n) is 3.50. The van der Waals surface area contributed by atoms with Crippen LogP contribution in [0.3, 0.4) is 0 Å². The third kappa shape index (κ3) is 3.11. The predicted octanol–water partition coefficient (Wildman–Crippen LogP) is 5.56. The number of hydrogen-bond acceptors (Lipinski definition) is 1. The van der Waals surface area contributed by atoms with Crippen LogP contribution in [0, 0.1) is 33.6 Å². The number of aromatic nitrogens is 2. The SMILES string of the molecule is Cc1cc(C)c(-c2c(C)nn(C(C)C)c2CC(C)C)c(C)c1. The van der Waals surface area contributed by atoms with E-state index in [-0.39, 0.29) is 0 Å². The Morgan fingerprint density at radius 3 is 1.91 bits per heavy atom. The van der Waals surface area contributed by atoms with Gasteiger partial charge in [-0.05, 0) is 70.6 Å². The van der Waals surface area contributed by atoms with Crippen LogP contribution >= 0.6 is 0 Å². The van der Waals surface area contributed by atoms with Gasteiger partial charge in [0.2, 0.25) is 0 Å². The maximum absolute atomic E-state index is 4.86. The first-order valence-corrected chi connectivity index (χ1v) is 8.38. The topological polar surface area (TPSA) is 17.8 Å². The van der Waals surface area contributed by atoms with Crippen molar-refractivity contribution in [2.24, 2.45) is 5.92 Å². The van der Waals surface area contributed by atoms with Gasteiger partial charge in [0, 0.05) is 17.3 Å². The molecule has 2 rings (SSSR count). The van der Waals surface area contributed by atoms with Crippen LogP contribution in [0.25, 0.3) is 11.1 Å². The summed E-state index contributed by atoms with van der Waals surface area (Å²) in [4.78, 5) is 0. The lowest BCUT2D eigenvalue weighted by Gasteiger charge is -2.17. The molecule has 0 atom stereocenters. The highest BCUT2D eigenvalue weighted by Crippen LogP contribution is 2.35. The molecule has 0 aliphatic rings. The highest BCUT2D eigenvalue weighted by Gasteiger charge is 2.21. The second-order valence-corrected chi connectivity index (χ2v) is 7.32. The van der Waals surface area contributed by atoms with Crippen LogP contribution in [0.1, 0.15) is 61.8 Å². The summed E-state index contributed by atoms with van der Waals surface area (Å²) in [6, 6.07) is 4.97. The minimum atomic E-state index is 0.396. The molecule has 1 heterocycles. The van der Waals surface area contributed by atoms with Gasteiger partial charge in [0.05, 0.1) is 5.69 Å². The smallest absolute Gasteiger partial charge is 0.0675 e. The first-order valence-electron chi connectivity index (χ1n) is 8.38. The zero-order chi connectivity index (χ0) is 16.6. The van der Waals surface area contributed by atoms with Crippen molar-refractivity contribution < 1.29 is 0 Å². The predicted molar refractivity (Wildman–Crippen MR) is 95.5 cm³/mol. The Morgan fingerprint density at radius 1 is 0.909 bits per heavy atom. The van der Waals surface area contributed by atoms with E-state index in [2.05, 4.69) is 72.2 Å². The highest BCUT2D eigenvalue weighted by molar-refractivity contribution is 5.75. The Bertz CT molecular complexity index is 652. The Morgan fingerprint density at radius 2 is 1.45 bits per heavy atom. The second kappa shape index (κ2) is 6.28. The van der Waals surface area contributed by atoms with E-state index >= 15 is 0 Å². The third-order valence-electron chi connectivity index (χ3n) is 4.20. The van der Waals surface area contributed by atoms with Gasteiger partial charge in [0.1, 0.15) is 0 Å². The monoisotopic (exact) mass is 298 g/mol. The molecule has 0 aliphatic carbocycles. The molecular formula is C20H30N2. The van der Waals surface area contributed by atoms with Crippen molar-refractivity contribution in [1.29, 1.82) is 0 Å². The molecule has 1 aromatic heterocycles. The zero-order valence-corrected chi connectivity index (χ0v) is 15.4. The number of hydrogen-bond donors (Lipinski definition) is 0. The van der Waals surface area contributed by atoms with Crippen LogP contribution in [0.5, 0.6) is 0 Å². The van der Waals surface area contributed by atoms with Gasteiger partial charge in [-0.3, -0.25) is 4.68 Å². The quantitative estimate of drug-likeness (QED) is 0.722. The molecule has 0 aliphatic heterocycles. The zero-order valence-electron chi connectivity index (χ0n) is 15.4. The number of benzene rings is 1. The van der Waals surface area contributed by atoms with E-state index in [0.29, 0.717) is 12.0 Å². The molecule has 0 unspecified atom stereocenters. The first-order chi connectivity index (χ1) is 10.2. The largest absolute Gasteiger partial charge is 0.266 e. The lowest BCUT2D eigenvalue weighted by molar-refractivity contribution is 0.487. The molecule has 22 heavy (non-hydrogen) atoms. The molecule has 0 saturated heterocycles. The van der Waals surface area contributed by atoms with Crippen molar-refractivity contribution in [2.75, 3.05) is 0 Å². The molecule has 2 aromatic rings. The molecule has 0 radical (unpaired) electrons. The van der Waals surface area contributed by atoms with Gasteiger partial charge in [-0.1, -0.05) is 31.5 Å². The van der Waals surface area contributed by atoms with Crippen LogP contribution in [0.4, 0.5) is 0 Å². The molecule has 0 saturated carbocycles. The average molecular weight is 298 g/mol. The van der Waals surface area contributed by atoms with E-state index in [1.165, 1.54) is 33.5 Å². The van der Waals surface area contributed by atoms with E-state index in [4.69, 9.17) is 5.10 Å². The minimum Gasteiger partial charge on any atom is -0.266 e. The lowest BCUT2D eigenvalue weighted by atomic mass is 9.90. The molecule has 0 N–H and O–H groups in total. The molecular weight excluding hydrogens is 268 g/mol. The first kappa shape index (κ1) is 16.8. The van der Waals surface area contributed by atoms with Crippen molar-refractivity contribution >= 4 is 0 Å². The molecule has 0 amide bonds. The van der Waals surface area contributed by atoms with Crippen molar-refractivity contribution in [1.82, 2.24) is 9.78 Å². The maximum Gasteiger partial charge on any atom is 0.0675 e. The fraction of sp³-hybridized carbons (Fsp3) is 0.550.